The second-order valence-electron chi connectivity index (χ2n) is 7.63. The molecule has 0 saturated carbocycles. The molecular formula is C19H24FN5O3S. The summed E-state index contributed by atoms with van der Waals surface area (Å²) in [5, 5.41) is 8.05. The summed E-state index contributed by atoms with van der Waals surface area (Å²) in [5.74, 6) is -0.834. The quantitative estimate of drug-likeness (QED) is 0.734. The van der Waals surface area contributed by atoms with Crippen LogP contribution in [-0.2, 0) is 16.6 Å². The van der Waals surface area contributed by atoms with E-state index in [-0.39, 0.29) is 23.3 Å². The van der Waals surface area contributed by atoms with Crippen LogP contribution in [-0.4, -0.2) is 64.7 Å². The van der Waals surface area contributed by atoms with Gasteiger partial charge in [-0.15, -0.1) is 5.10 Å². The largest absolute Gasteiger partial charge is 0.337 e. The van der Waals surface area contributed by atoms with Crippen LogP contribution >= 0.6 is 0 Å². The van der Waals surface area contributed by atoms with Crippen molar-refractivity contribution in [1.82, 2.24) is 24.2 Å². The summed E-state index contributed by atoms with van der Waals surface area (Å²) in [7, 11) is -3.88. The molecule has 3 heterocycles. The Morgan fingerprint density at radius 1 is 1.14 bits per heavy atom. The first kappa shape index (κ1) is 20.0. The molecule has 0 bridgehead atoms. The van der Waals surface area contributed by atoms with Gasteiger partial charge in [0.2, 0.25) is 10.0 Å². The first-order chi connectivity index (χ1) is 13.9. The van der Waals surface area contributed by atoms with Gasteiger partial charge >= 0.3 is 0 Å². The molecule has 2 aliphatic heterocycles. The molecule has 0 N–H and O–H groups in total. The lowest BCUT2D eigenvalue weighted by atomic mass is 10.00. The normalized spacial score (nSPS) is 20.9. The summed E-state index contributed by atoms with van der Waals surface area (Å²) in [4.78, 5) is 13.9. The van der Waals surface area contributed by atoms with Crippen molar-refractivity contribution in [2.75, 3.05) is 26.2 Å². The van der Waals surface area contributed by atoms with Gasteiger partial charge in [0.25, 0.3) is 5.91 Å². The van der Waals surface area contributed by atoms with Gasteiger partial charge in [-0.2, -0.15) is 4.31 Å². The molecular weight excluding hydrogens is 397 g/mol. The fourth-order valence-corrected chi connectivity index (χ4v) is 5.64. The number of benzene rings is 1. The molecule has 2 saturated heterocycles. The molecule has 0 unspecified atom stereocenters. The second-order valence-corrected chi connectivity index (χ2v) is 9.53. The van der Waals surface area contributed by atoms with Gasteiger partial charge in [0.1, 0.15) is 10.7 Å². The summed E-state index contributed by atoms with van der Waals surface area (Å²) in [6.45, 7) is 2.60. The molecule has 10 heteroatoms. The highest BCUT2D eigenvalue weighted by atomic mass is 32.2. The Morgan fingerprint density at radius 2 is 1.90 bits per heavy atom. The molecule has 29 heavy (non-hydrogen) atoms. The number of likely N-dealkylation sites (tertiary alicyclic amines) is 1. The lowest BCUT2D eigenvalue weighted by Gasteiger charge is -2.31. The molecule has 1 aromatic heterocycles. The number of sulfonamides is 1. The molecule has 4 rings (SSSR count). The lowest BCUT2D eigenvalue weighted by Crippen LogP contribution is -2.41. The fourth-order valence-electron chi connectivity index (χ4n) is 4.02. The first-order valence-corrected chi connectivity index (χ1v) is 11.3. The van der Waals surface area contributed by atoms with Crippen molar-refractivity contribution in [1.29, 1.82) is 0 Å². The molecule has 8 nitrogen and oxygen atoms in total. The molecule has 156 valence electrons. The molecule has 1 atom stereocenters. The molecule has 2 fully saturated rings. The minimum atomic E-state index is -3.88. The Hall–Kier alpha value is -2.33. The van der Waals surface area contributed by atoms with Gasteiger partial charge < -0.3 is 4.90 Å². The van der Waals surface area contributed by atoms with Crippen LogP contribution in [0.25, 0.3) is 0 Å². The van der Waals surface area contributed by atoms with Crippen LogP contribution in [0.4, 0.5) is 4.39 Å². The minimum absolute atomic E-state index is 0.0155. The highest BCUT2D eigenvalue weighted by Gasteiger charge is 2.32. The van der Waals surface area contributed by atoms with Gasteiger partial charge in [-0.05, 0) is 43.7 Å². The number of carbonyl (C=O) groups is 1. The van der Waals surface area contributed by atoms with E-state index in [1.54, 1.807) is 15.8 Å². The van der Waals surface area contributed by atoms with E-state index >= 15 is 0 Å². The molecule has 0 aliphatic carbocycles. The second kappa shape index (κ2) is 8.19. The maximum atomic E-state index is 14.0. The first-order valence-electron chi connectivity index (χ1n) is 9.89. The Labute approximate surface area is 169 Å². The van der Waals surface area contributed by atoms with Gasteiger partial charge in [-0.3, -0.25) is 9.48 Å². The van der Waals surface area contributed by atoms with Crippen LogP contribution < -0.4 is 0 Å². The number of hydrogen-bond donors (Lipinski definition) is 0. The minimum Gasteiger partial charge on any atom is -0.337 e. The van der Waals surface area contributed by atoms with Crippen molar-refractivity contribution in [3.8, 4) is 0 Å². The maximum Gasteiger partial charge on any atom is 0.276 e. The van der Waals surface area contributed by atoms with E-state index in [0.717, 1.165) is 38.4 Å². The zero-order valence-corrected chi connectivity index (χ0v) is 16.9. The Balaban J connectivity index is 1.43. The number of piperidine rings is 1. The number of hydrogen-bond acceptors (Lipinski definition) is 5. The van der Waals surface area contributed by atoms with E-state index in [1.165, 1.54) is 22.5 Å². The summed E-state index contributed by atoms with van der Waals surface area (Å²) in [6, 6.07) is 5.44. The van der Waals surface area contributed by atoms with Gasteiger partial charge in [-0.25, -0.2) is 12.8 Å². The maximum absolute atomic E-state index is 14.0. The zero-order chi connectivity index (χ0) is 20.4. The lowest BCUT2D eigenvalue weighted by molar-refractivity contribution is 0.0787. The summed E-state index contributed by atoms with van der Waals surface area (Å²) >= 11 is 0. The monoisotopic (exact) mass is 421 g/mol. The zero-order valence-electron chi connectivity index (χ0n) is 16.1. The van der Waals surface area contributed by atoms with Crippen LogP contribution in [0.3, 0.4) is 0 Å². The summed E-state index contributed by atoms with van der Waals surface area (Å²) in [5.41, 5.74) is 0.318. The summed E-state index contributed by atoms with van der Waals surface area (Å²) in [6.07, 6.45) is 5.17. The molecule has 1 amide bonds. The van der Waals surface area contributed by atoms with Crippen LogP contribution in [0.15, 0.2) is 35.4 Å². The molecule has 0 spiro atoms. The molecule has 0 radical (unpaired) electrons. The van der Waals surface area contributed by atoms with E-state index in [2.05, 4.69) is 10.3 Å². The van der Waals surface area contributed by atoms with Gasteiger partial charge in [0, 0.05) is 32.7 Å². The predicted octanol–water partition coefficient (Wildman–Crippen LogP) is 1.75. The van der Waals surface area contributed by atoms with Crippen LogP contribution in [0.2, 0.25) is 0 Å². The van der Waals surface area contributed by atoms with Crippen molar-refractivity contribution >= 4 is 15.9 Å². The summed E-state index contributed by atoms with van der Waals surface area (Å²) < 4.78 is 42.7. The van der Waals surface area contributed by atoms with Crippen molar-refractivity contribution < 1.29 is 17.6 Å². The predicted molar refractivity (Wildman–Crippen MR) is 103 cm³/mol. The van der Waals surface area contributed by atoms with E-state index in [4.69, 9.17) is 0 Å². The number of halogens is 1. The molecule has 2 aliphatic rings. The Kier molecular flexibility index (Phi) is 5.64. The average Bonchev–Trinajstić information content (AvgIpc) is 3.40. The van der Waals surface area contributed by atoms with E-state index in [9.17, 15) is 17.6 Å². The van der Waals surface area contributed by atoms with E-state index in [0.29, 0.717) is 25.2 Å². The number of nitrogens with zero attached hydrogens (tertiary/aromatic N) is 5. The number of carbonyl (C=O) groups excluding carboxylic acids is 1. The number of amides is 1. The van der Waals surface area contributed by atoms with Crippen LogP contribution in [0.5, 0.6) is 0 Å². The van der Waals surface area contributed by atoms with Gasteiger partial charge in [0.05, 0.1) is 6.20 Å². The Morgan fingerprint density at radius 3 is 2.66 bits per heavy atom. The van der Waals surface area contributed by atoms with E-state index < -0.39 is 15.8 Å². The number of aromatic nitrogens is 3. The number of rotatable bonds is 5. The standard InChI is InChI=1S/C19H24FN5O3S/c20-16-7-1-2-8-18(16)29(27,28)25-11-5-6-15(13-25)12-24-14-17(21-22-24)19(26)23-9-3-4-10-23/h1-2,7-8,14-15H,3-6,9-13H2/t15-/m0/s1. The van der Waals surface area contributed by atoms with Gasteiger partial charge in [-0.1, -0.05) is 17.3 Å². The SMILES string of the molecule is O=C(c1cn(C[C@@H]2CCCN(S(=O)(=O)c3ccccc3F)C2)nn1)N1CCCC1. The third-order valence-corrected chi connectivity index (χ3v) is 7.43. The van der Waals surface area contributed by atoms with Crippen LogP contribution in [0, 0.1) is 11.7 Å². The highest BCUT2D eigenvalue weighted by Crippen LogP contribution is 2.26. The topological polar surface area (TPSA) is 88.4 Å². The third kappa shape index (κ3) is 4.18. The highest BCUT2D eigenvalue weighted by molar-refractivity contribution is 7.89. The third-order valence-electron chi connectivity index (χ3n) is 5.53. The average molecular weight is 421 g/mol. The smallest absolute Gasteiger partial charge is 0.276 e. The van der Waals surface area contributed by atoms with Crippen molar-refractivity contribution in [3.63, 3.8) is 0 Å². The van der Waals surface area contributed by atoms with Crippen molar-refractivity contribution in [2.24, 2.45) is 5.92 Å². The van der Waals surface area contributed by atoms with Crippen molar-refractivity contribution in [2.45, 2.75) is 37.1 Å². The van der Waals surface area contributed by atoms with Crippen LogP contribution in [0.1, 0.15) is 36.2 Å². The fraction of sp³-hybridized carbons (Fsp3) is 0.526. The Bertz CT molecular complexity index is 987. The molecule has 1 aromatic carbocycles. The van der Waals surface area contributed by atoms with Gasteiger partial charge in [0.15, 0.2) is 5.69 Å². The van der Waals surface area contributed by atoms with Crippen molar-refractivity contribution in [3.05, 3.63) is 42.0 Å². The molecule has 2 aromatic rings. The van der Waals surface area contributed by atoms with E-state index in [1.807, 2.05) is 0 Å².